The molecule has 1 aliphatic heterocycles. The number of carboxylic acid groups (broad SMARTS) is 1. The Morgan fingerprint density at radius 3 is 2.50 bits per heavy atom. The second kappa shape index (κ2) is 10.1. The van der Waals surface area contributed by atoms with Gasteiger partial charge in [0.25, 0.3) is 0 Å². The van der Waals surface area contributed by atoms with Crippen LogP contribution in [-0.4, -0.2) is 41.5 Å². The molecule has 2 aromatic carbocycles. The molecule has 2 aromatic rings. The number of likely N-dealkylation sites (tertiary alicyclic amines) is 1. The molecule has 5 nitrogen and oxygen atoms in total. The predicted octanol–water partition coefficient (Wildman–Crippen LogP) is 5.18. The number of aryl methyl sites for hydroxylation is 1. The zero-order valence-corrected chi connectivity index (χ0v) is 20.0. The Hall–Kier alpha value is -2.37. The summed E-state index contributed by atoms with van der Waals surface area (Å²) < 4.78 is 0. The quantitative estimate of drug-likeness (QED) is 0.573. The average Bonchev–Trinajstić information content (AvgIpc) is 2.74. The van der Waals surface area contributed by atoms with Crippen molar-refractivity contribution in [3.63, 3.8) is 0 Å². The molecule has 4 atom stereocenters. The van der Waals surface area contributed by atoms with Crippen LogP contribution < -0.4 is 5.32 Å². The van der Waals surface area contributed by atoms with E-state index in [2.05, 4.69) is 36.5 Å². The van der Waals surface area contributed by atoms with Gasteiger partial charge in [-0.3, -0.25) is 9.59 Å². The minimum atomic E-state index is -0.999. The highest BCUT2D eigenvalue weighted by molar-refractivity contribution is 6.30. The molecule has 0 aromatic heterocycles. The lowest BCUT2D eigenvalue weighted by molar-refractivity contribution is -0.160. The Labute approximate surface area is 195 Å². The molecular weight excluding hydrogens is 424 g/mol. The number of nitrogens with zero attached hydrogens (tertiary/aromatic N) is 1. The van der Waals surface area contributed by atoms with Crippen LogP contribution in [0.5, 0.6) is 0 Å². The first-order valence-corrected chi connectivity index (χ1v) is 11.6. The normalized spacial score (nSPS) is 24.4. The molecule has 0 saturated carbocycles. The second-order valence-electron chi connectivity index (χ2n) is 9.18. The van der Waals surface area contributed by atoms with Gasteiger partial charge < -0.3 is 15.3 Å². The lowest BCUT2D eigenvalue weighted by Gasteiger charge is -2.52. The van der Waals surface area contributed by atoms with Gasteiger partial charge in [-0.15, -0.1) is 0 Å². The SMILES string of the molecule is CC[C@@H](CNC)N1C(=O)[C@@](C)(CC(=O)O)C[C@H](c2cccc(Cl)c2)[C@H]1c1ccc(C)cc1. The molecule has 1 saturated heterocycles. The fraction of sp³-hybridized carbons (Fsp3) is 0.462. The van der Waals surface area contributed by atoms with Gasteiger partial charge in [0.2, 0.25) is 5.91 Å². The molecule has 0 aliphatic carbocycles. The first-order chi connectivity index (χ1) is 15.2. The molecular formula is C26H33ClN2O3. The van der Waals surface area contributed by atoms with Crippen molar-refractivity contribution in [2.45, 2.75) is 58.0 Å². The Kier molecular flexibility index (Phi) is 7.63. The number of hydrogen-bond donors (Lipinski definition) is 2. The lowest BCUT2D eigenvalue weighted by atomic mass is 9.67. The van der Waals surface area contributed by atoms with Crippen LogP contribution >= 0.6 is 11.6 Å². The fourth-order valence-electron chi connectivity index (χ4n) is 5.06. The van der Waals surface area contributed by atoms with Crippen LogP contribution in [0.3, 0.4) is 0 Å². The maximum absolute atomic E-state index is 14.0. The van der Waals surface area contributed by atoms with Gasteiger partial charge in [-0.25, -0.2) is 0 Å². The molecule has 1 fully saturated rings. The van der Waals surface area contributed by atoms with Crippen LogP contribution in [-0.2, 0) is 9.59 Å². The van der Waals surface area contributed by atoms with E-state index in [1.807, 2.05) is 43.1 Å². The van der Waals surface area contributed by atoms with Gasteiger partial charge in [0.15, 0.2) is 0 Å². The van der Waals surface area contributed by atoms with Crippen LogP contribution in [0.2, 0.25) is 5.02 Å². The third-order valence-electron chi connectivity index (χ3n) is 6.64. The third kappa shape index (κ3) is 5.00. The maximum Gasteiger partial charge on any atom is 0.304 e. The monoisotopic (exact) mass is 456 g/mol. The van der Waals surface area contributed by atoms with Crippen LogP contribution in [0.4, 0.5) is 0 Å². The summed E-state index contributed by atoms with van der Waals surface area (Å²) in [5.41, 5.74) is 2.23. The molecule has 1 aliphatic rings. The predicted molar refractivity (Wildman–Crippen MR) is 128 cm³/mol. The zero-order chi connectivity index (χ0) is 23.5. The summed E-state index contributed by atoms with van der Waals surface area (Å²) in [6.07, 6.45) is 1.01. The Balaban J connectivity index is 2.22. The van der Waals surface area contributed by atoms with Crippen LogP contribution in [0.1, 0.15) is 61.8 Å². The summed E-state index contributed by atoms with van der Waals surface area (Å²) >= 11 is 6.35. The van der Waals surface area contributed by atoms with Gasteiger partial charge in [0.1, 0.15) is 0 Å². The molecule has 3 rings (SSSR count). The van der Waals surface area contributed by atoms with Crippen LogP contribution in [0, 0.1) is 12.3 Å². The molecule has 0 radical (unpaired) electrons. The van der Waals surface area contributed by atoms with E-state index < -0.39 is 11.4 Å². The molecule has 1 amide bonds. The van der Waals surface area contributed by atoms with Gasteiger partial charge >= 0.3 is 5.97 Å². The molecule has 2 N–H and O–H groups in total. The zero-order valence-electron chi connectivity index (χ0n) is 19.3. The first-order valence-electron chi connectivity index (χ1n) is 11.2. The standard InChI is InChI=1S/C26H33ClN2O3/c1-5-21(16-28-4)29-24(18-11-9-17(2)10-12-18)22(19-7-6-8-20(27)13-19)14-26(3,25(29)32)15-23(30)31/h6-13,21-22,24,28H,5,14-16H2,1-4H3,(H,30,31)/t21-,22+,24+,26+/m0/s1. The summed E-state index contributed by atoms with van der Waals surface area (Å²) in [7, 11) is 1.88. The molecule has 32 heavy (non-hydrogen) atoms. The van der Waals surface area contributed by atoms with Crippen molar-refractivity contribution >= 4 is 23.5 Å². The van der Waals surface area contributed by atoms with E-state index in [1.165, 1.54) is 0 Å². The summed E-state index contributed by atoms with van der Waals surface area (Å²) in [6, 6.07) is 15.8. The summed E-state index contributed by atoms with van der Waals surface area (Å²) in [6.45, 7) is 6.54. The van der Waals surface area contributed by atoms with Gasteiger partial charge in [0.05, 0.1) is 17.9 Å². The van der Waals surface area contributed by atoms with E-state index in [0.717, 1.165) is 23.1 Å². The summed E-state index contributed by atoms with van der Waals surface area (Å²) in [5.74, 6) is -1.13. The summed E-state index contributed by atoms with van der Waals surface area (Å²) in [5, 5.41) is 13.5. The average molecular weight is 457 g/mol. The van der Waals surface area contributed by atoms with E-state index in [9.17, 15) is 14.7 Å². The number of amides is 1. The number of nitrogens with one attached hydrogen (secondary N) is 1. The highest BCUT2D eigenvalue weighted by Crippen LogP contribution is 2.52. The third-order valence-corrected chi connectivity index (χ3v) is 6.88. The Morgan fingerprint density at radius 2 is 1.94 bits per heavy atom. The van der Waals surface area contributed by atoms with Crippen molar-refractivity contribution in [3.05, 3.63) is 70.2 Å². The molecule has 6 heteroatoms. The molecule has 0 spiro atoms. The van der Waals surface area contributed by atoms with Crippen LogP contribution in [0.15, 0.2) is 48.5 Å². The van der Waals surface area contributed by atoms with E-state index in [1.54, 1.807) is 6.92 Å². The largest absolute Gasteiger partial charge is 0.481 e. The number of hydrogen-bond acceptors (Lipinski definition) is 3. The van der Waals surface area contributed by atoms with Crippen molar-refractivity contribution in [1.82, 2.24) is 10.2 Å². The molecule has 0 unspecified atom stereocenters. The van der Waals surface area contributed by atoms with Gasteiger partial charge in [-0.1, -0.05) is 67.4 Å². The number of benzene rings is 2. The highest BCUT2D eigenvalue weighted by Gasteiger charge is 2.52. The van der Waals surface area contributed by atoms with Crippen molar-refractivity contribution in [2.75, 3.05) is 13.6 Å². The Morgan fingerprint density at radius 1 is 1.25 bits per heavy atom. The number of carboxylic acids is 1. The van der Waals surface area contributed by atoms with E-state index in [0.29, 0.717) is 18.0 Å². The second-order valence-corrected chi connectivity index (χ2v) is 9.62. The van der Waals surface area contributed by atoms with E-state index in [4.69, 9.17) is 11.6 Å². The molecule has 0 bridgehead atoms. The Bertz CT molecular complexity index is 962. The van der Waals surface area contributed by atoms with E-state index >= 15 is 0 Å². The number of likely N-dealkylation sites (N-methyl/N-ethyl adjacent to an activating group) is 1. The lowest BCUT2D eigenvalue weighted by Crippen LogP contribution is -2.57. The highest BCUT2D eigenvalue weighted by atomic mass is 35.5. The molecule has 172 valence electrons. The number of aliphatic carboxylic acids is 1. The van der Waals surface area contributed by atoms with Crippen molar-refractivity contribution in [2.24, 2.45) is 5.41 Å². The number of halogens is 1. The topological polar surface area (TPSA) is 69.6 Å². The number of carbonyl (C=O) groups excluding carboxylic acids is 1. The minimum Gasteiger partial charge on any atom is -0.481 e. The fourth-order valence-corrected chi connectivity index (χ4v) is 5.26. The van der Waals surface area contributed by atoms with Crippen molar-refractivity contribution in [1.29, 1.82) is 0 Å². The first kappa shape index (κ1) is 24.3. The summed E-state index contributed by atoms with van der Waals surface area (Å²) in [4.78, 5) is 27.7. The van der Waals surface area contributed by atoms with Crippen molar-refractivity contribution < 1.29 is 14.7 Å². The van der Waals surface area contributed by atoms with Gasteiger partial charge in [-0.2, -0.15) is 0 Å². The van der Waals surface area contributed by atoms with Gasteiger partial charge in [0, 0.05) is 23.5 Å². The molecule has 1 heterocycles. The number of rotatable bonds is 8. The van der Waals surface area contributed by atoms with Gasteiger partial charge in [-0.05, 0) is 50.1 Å². The minimum absolute atomic E-state index is 0.0612. The smallest absolute Gasteiger partial charge is 0.304 e. The van der Waals surface area contributed by atoms with Crippen molar-refractivity contribution in [3.8, 4) is 0 Å². The van der Waals surface area contributed by atoms with Crippen LogP contribution in [0.25, 0.3) is 0 Å². The maximum atomic E-state index is 14.0. The number of piperidine rings is 1. The number of carbonyl (C=O) groups is 2. The van der Waals surface area contributed by atoms with E-state index in [-0.39, 0.29) is 30.3 Å².